The number of aromatic nitrogens is 6. The van der Waals surface area contributed by atoms with Crippen LogP contribution in [0.3, 0.4) is 0 Å². The minimum Gasteiger partial charge on any atom is -0.455 e. The number of fused-ring (bicyclic) bond motifs is 1. The molecule has 5 rings (SSSR count). The van der Waals surface area contributed by atoms with Crippen molar-refractivity contribution >= 4 is 28.7 Å². The summed E-state index contributed by atoms with van der Waals surface area (Å²) in [5, 5.41) is 8.15. The summed E-state index contributed by atoms with van der Waals surface area (Å²) in [6.45, 7) is 16.4. The van der Waals surface area contributed by atoms with E-state index in [0.29, 0.717) is 54.2 Å². The topological polar surface area (TPSA) is 113 Å². The van der Waals surface area contributed by atoms with Crippen LogP contribution in [0.25, 0.3) is 16.0 Å². The molecule has 0 aliphatic carbocycles. The maximum absolute atomic E-state index is 11.5. The maximum atomic E-state index is 11.5. The lowest BCUT2D eigenvalue weighted by atomic mass is 10.0. The monoisotopic (exact) mass is 528 g/mol. The Morgan fingerprint density at radius 1 is 1.33 bits per heavy atom. The molecule has 4 aromatic heterocycles. The summed E-state index contributed by atoms with van der Waals surface area (Å²) >= 11 is 0. The van der Waals surface area contributed by atoms with Crippen molar-refractivity contribution in [2.24, 2.45) is 7.05 Å². The van der Waals surface area contributed by atoms with E-state index in [2.05, 4.69) is 27.1 Å². The van der Waals surface area contributed by atoms with E-state index in [1.54, 1.807) is 24.5 Å². The molecule has 1 saturated heterocycles. The average molecular weight is 529 g/mol. The average Bonchev–Trinajstić information content (AvgIpc) is 3.64. The first kappa shape index (κ1) is 26.3. The number of imidazole rings is 1. The fourth-order valence-electron chi connectivity index (χ4n) is 4.84. The van der Waals surface area contributed by atoms with Crippen LogP contribution < -0.4 is 10.1 Å². The van der Waals surface area contributed by atoms with Crippen LogP contribution in [-0.2, 0) is 35.0 Å². The van der Waals surface area contributed by atoms with Crippen molar-refractivity contribution in [2.45, 2.75) is 58.5 Å². The molecule has 1 fully saturated rings. The van der Waals surface area contributed by atoms with Crippen molar-refractivity contribution in [1.82, 2.24) is 29.3 Å². The number of nitrogens with one attached hydrogen (secondary N) is 1. The van der Waals surface area contributed by atoms with Gasteiger partial charge in [-0.25, -0.2) is 11.6 Å². The molecule has 0 aromatic carbocycles. The summed E-state index contributed by atoms with van der Waals surface area (Å²) in [6, 6.07) is 5.54. The minimum atomic E-state index is -0.734. The molecule has 11 heteroatoms. The van der Waals surface area contributed by atoms with Gasteiger partial charge in [0.05, 0.1) is 30.1 Å². The fraction of sp³-hybridized carbons (Fsp3) is 0.429. The Balaban J connectivity index is 1.48. The number of hydrogen-bond acceptors (Lipinski definition) is 8. The first-order chi connectivity index (χ1) is 18.7. The molecule has 0 bridgehead atoms. The first-order valence-electron chi connectivity index (χ1n) is 13.0. The minimum absolute atomic E-state index is 0.0399. The van der Waals surface area contributed by atoms with Gasteiger partial charge in [-0.15, -0.1) is 0 Å². The largest absolute Gasteiger partial charge is 0.455 e. The molecule has 5 heterocycles. The van der Waals surface area contributed by atoms with Crippen LogP contribution in [0.1, 0.15) is 57.1 Å². The summed E-state index contributed by atoms with van der Waals surface area (Å²) in [5.41, 5.74) is 3.14. The number of carbonyl (C=O) groups excluding carboxylic acids is 1. The van der Waals surface area contributed by atoms with E-state index in [0.717, 1.165) is 23.2 Å². The van der Waals surface area contributed by atoms with Crippen molar-refractivity contribution in [2.75, 3.05) is 18.5 Å². The second kappa shape index (κ2) is 10.5. The van der Waals surface area contributed by atoms with E-state index < -0.39 is 5.54 Å². The van der Waals surface area contributed by atoms with Crippen LogP contribution in [-0.4, -0.2) is 48.3 Å². The maximum Gasteiger partial charge on any atom is 0.268 e. The standard InChI is InChI=1S/C28H32N8O3/c1-7-21-22(39-20-8-10-30-18(13-20)12-17(2)37)15-31-26-25(21)35(6)27(33-26)32-24-14-23(28(3,4)29-5)36(34-24)19-9-11-38-16-19/h8,10,13-15,19H,7,9,11-12,16H2,1-4,6H3,(H,31,32,33,34). The quantitative estimate of drug-likeness (QED) is 0.305. The fourth-order valence-corrected chi connectivity index (χ4v) is 4.84. The zero-order valence-electron chi connectivity index (χ0n) is 22.9. The predicted molar refractivity (Wildman–Crippen MR) is 146 cm³/mol. The van der Waals surface area contributed by atoms with Crippen LogP contribution in [0.2, 0.25) is 0 Å². The molecule has 1 N–H and O–H groups in total. The summed E-state index contributed by atoms with van der Waals surface area (Å²) in [4.78, 5) is 28.9. The van der Waals surface area contributed by atoms with E-state index in [4.69, 9.17) is 26.1 Å². The van der Waals surface area contributed by atoms with Gasteiger partial charge in [0.15, 0.2) is 17.2 Å². The smallest absolute Gasteiger partial charge is 0.268 e. The van der Waals surface area contributed by atoms with E-state index in [9.17, 15) is 4.79 Å². The number of hydrogen-bond donors (Lipinski definition) is 1. The Morgan fingerprint density at radius 3 is 2.85 bits per heavy atom. The summed E-state index contributed by atoms with van der Waals surface area (Å²) < 4.78 is 15.7. The number of nitrogens with zero attached hydrogens (tertiary/aromatic N) is 7. The molecule has 0 radical (unpaired) electrons. The van der Waals surface area contributed by atoms with Crippen molar-refractivity contribution < 1.29 is 14.3 Å². The van der Waals surface area contributed by atoms with Gasteiger partial charge in [0.1, 0.15) is 17.2 Å². The normalized spacial score (nSPS) is 15.4. The highest BCUT2D eigenvalue weighted by Crippen LogP contribution is 2.35. The Morgan fingerprint density at radius 2 is 2.15 bits per heavy atom. The third-order valence-corrected chi connectivity index (χ3v) is 6.90. The molecule has 1 aliphatic heterocycles. The van der Waals surface area contributed by atoms with Gasteiger partial charge in [0.2, 0.25) is 5.95 Å². The van der Waals surface area contributed by atoms with Gasteiger partial charge in [-0.2, -0.15) is 10.1 Å². The number of carbonyl (C=O) groups is 1. The third-order valence-electron chi connectivity index (χ3n) is 6.90. The second-order valence-corrected chi connectivity index (χ2v) is 10.3. The number of anilines is 2. The van der Waals surface area contributed by atoms with Gasteiger partial charge >= 0.3 is 0 Å². The van der Waals surface area contributed by atoms with E-state index in [1.165, 1.54) is 6.92 Å². The lowest BCUT2D eigenvalue weighted by molar-refractivity contribution is -0.116. The first-order valence-corrected chi connectivity index (χ1v) is 13.0. The Kier molecular flexibility index (Phi) is 7.06. The number of Topliss-reactive ketones (excluding diaryl/α,β-unsaturated/α-hetero) is 1. The van der Waals surface area contributed by atoms with Gasteiger partial charge in [-0.05, 0) is 25.8 Å². The van der Waals surface area contributed by atoms with E-state index in [-0.39, 0.29) is 18.2 Å². The molecular formula is C28H32N8O3. The van der Waals surface area contributed by atoms with Gasteiger partial charge in [0.25, 0.3) is 5.54 Å². The van der Waals surface area contributed by atoms with Gasteiger partial charge in [-0.1, -0.05) is 6.92 Å². The van der Waals surface area contributed by atoms with Crippen LogP contribution in [0.4, 0.5) is 11.8 Å². The molecule has 1 atom stereocenters. The molecule has 1 unspecified atom stereocenters. The number of rotatable bonds is 9. The lowest BCUT2D eigenvalue weighted by Crippen LogP contribution is -2.22. The molecule has 39 heavy (non-hydrogen) atoms. The van der Waals surface area contributed by atoms with Crippen LogP contribution in [0, 0.1) is 6.57 Å². The molecule has 11 nitrogen and oxygen atoms in total. The Labute approximate surface area is 227 Å². The zero-order valence-corrected chi connectivity index (χ0v) is 22.9. The molecule has 4 aromatic rings. The molecular weight excluding hydrogens is 496 g/mol. The van der Waals surface area contributed by atoms with E-state index in [1.807, 2.05) is 36.2 Å². The number of ether oxygens (including phenoxy) is 2. The SMILES string of the molecule is [C-]#[N+]C(C)(C)c1cc(Nc2nc3ncc(Oc4ccnc(CC(C)=O)c4)c(CC)c3n2C)nn1C1CCOC1. The van der Waals surface area contributed by atoms with Gasteiger partial charge < -0.3 is 24.2 Å². The predicted octanol–water partition coefficient (Wildman–Crippen LogP) is 4.91. The summed E-state index contributed by atoms with van der Waals surface area (Å²) in [6.07, 6.45) is 5.11. The Bertz CT molecular complexity index is 1570. The molecule has 202 valence electrons. The van der Waals surface area contributed by atoms with Crippen molar-refractivity contribution in [3.05, 3.63) is 59.0 Å². The highest BCUT2D eigenvalue weighted by molar-refractivity contribution is 5.81. The van der Waals surface area contributed by atoms with E-state index >= 15 is 0 Å². The lowest BCUT2D eigenvalue weighted by Gasteiger charge is -2.17. The number of ketones is 1. The summed E-state index contributed by atoms with van der Waals surface area (Å²) in [5.74, 6) is 2.44. The highest BCUT2D eigenvalue weighted by Gasteiger charge is 2.35. The molecule has 0 saturated carbocycles. The number of aryl methyl sites for hydroxylation is 2. The Hall–Kier alpha value is -4.30. The van der Waals surface area contributed by atoms with Crippen molar-refractivity contribution in [1.29, 1.82) is 0 Å². The zero-order chi connectivity index (χ0) is 27.7. The van der Waals surface area contributed by atoms with Crippen LogP contribution in [0.5, 0.6) is 11.5 Å². The molecule has 1 aliphatic rings. The van der Waals surface area contributed by atoms with Crippen molar-refractivity contribution in [3.8, 4) is 11.5 Å². The third kappa shape index (κ3) is 5.20. The van der Waals surface area contributed by atoms with Crippen LogP contribution >= 0.6 is 0 Å². The second-order valence-electron chi connectivity index (χ2n) is 10.3. The van der Waals surface area contributed by atoms with Gasteiger partial charge in [-0.3, -0.25) is 14.5 Å². The van der Waals surface area contributed by atoms with Crippen molar-refractivity contribution in [3.63, 3.8) is 0 Å². The van der Waals surface area contributed by atoms with Crippen LogP contribution in [0.15, 0.2) is 30.6 Å². The van der Waals surface area contributed by atoms with Gasteiger partial charge in [0, 0.05) is 57.8 Å². The highest BCUT2D eigenvalue weighted by atomic mass is 16.5. The molecule has 0 amide bonds. The number of pyridine rings is 2. The summed E-state index contributed by atoms with van der Waals surface area (Å²) in [7, 11) is 1.92. The molecule has 0 spiro atoms.